The number of hydrogen-bond acceptors (Lipinski definition) is 2. The van der Waals surface area contributed by atoms with Crippen LogP contribution in [0.25, 0.3) is 11.0 Å². The molecule has 90 valence electrons. The molecule has 17 heavy (non-hydrogen) atoms. The van der Waals surface area contributed by atoms with Crippen molar-refractivity contribution in [3.05, 3.63) is 22.7 Å². The van der Waals surface area contributed by atoms with E-state index in [4.69, 9.17) is 11.6 Å². The van der Waals surface area contributed by atoms with E-state index < -0.39 is 0 Å². The molecule has 3 rings (SSSR count). The van der Waals surface area contributed by atoms with Crippen LogP contribution in [0.4, 0.5) is 0 Å². The van der Waals surface area contributed by atoms with Gasteiger partial charge in [-0.15, -0.1) is 0 Å². The fourth-order valence-corrected chi connectivity index (χ4v) is 2.50. The van der Waals surface area contributed by atoms with Gasteiger partial charge in [-0.3, -0.25) is 0 Å². The third-order valence-electron chi connectivity index (χ3n) is 3.28. The molecule has 2 heterocycles. The predicted octanol–water partition coefficient (Wildman–Crippen LogP) is 3.85. The van der Waals surface area contributed by atoms with Gasteiger partial charge in [0.15, 0.2) is 0 Å². The number of aryl methyl sites for hydroxylation is 1. The number of halogens is 1. The van der Waals surface area contributed by atoms with Crippen LogP contribution in [0.1, 0.15) is 50.2 Å². The summed E-state index contributed by atoms with van der Waals surface area (Å²) in [5, 5.41) is 1.88. The largest absolute Gasteiger partial charge is 0.313 e. The monoisotopic (exact) mass is 249 g/mol. The summed E-state index contributed by atoms with van der Waals surface area (Å²) in [6, 6.07) is 2.54. The minimum absolute atomic E-state index is 0.347. The molecule has 1 aliphatic carbocycles. The van der Waals surface area contributed by atoms with E-state index in [1.807, 2.05) is 13.0 Å². The molecular formula is C13H16ClN3. The highest BCUT2D eigenvalue weighted by atomic mass is 35.5. The molecule has 0 amide bonds. The van der Waals surface area contributed by atoms with Gasteiger partial charge in [0.05, 0.1) is 5.69 Å². The van der Waals surface area contributed by atoms with Crippen LogP contribution in [-0.2, 0) is 0 Å². The summed E-state index contributed by atoms with van der Waals surface area (Å²) in [6.07, 6.45) is 2.42. The first-order chi connectivity index (χ1) is 8.08. The zero-order chi connectivity index (χ0) is 12.2. The average Bonchev–Trinajstić information content (AvgIpc) is 3.02. The highest BCUT2D eigenvalue weighted by molar-refractivity contribution is 6.31. The topological polar surface area (TPSA) is 30.7 Å². The van der Waals surface area contributed by atoms with Crippen molar-refractivity contribution < 1.29 is 0 Å². The van der Waals surface area contributed by atoms with Crippen LogP contribution >= 0.6 is 11.6 Å². The van der Waals surface area contributed by atoms with Crippen molar-refractivity contribution in [2.75, 3.05) is 0 Å². The maximum atomic E-state index is 6.30. The quantitative estimate of drug-likeness (QED) is 0.809. The van der Waals surface area contributed by atoms with Crippen LogP contribution in [0.15, 0.2) is 6.07 Å². The number of hydrogen-bond donors (Lipinski definition) is 0. The third kappa shape index (κ3) is 1.73. The van der Waals surface area contributed by atoms with Gasteiger partial charge >= 0.3 is 0 Å². The maximum Gasteiger partial charge on any atom is 0.145 e. The van der Waals surface area contributed by atoms with Gasteiger partial charge < -0.3 is 4.57 Å². The van der Waals surface area contributed by atoms with Gasteiger partial charge in [0.2, 0.25) is 0 Å². The zero-order valence-corrected chi connectivity index (χ0v) is 11.1. The molecule has 2 aromatic heterocycles. The van der Waals surface area contributed by atoms with Crippen molar-refractivity contribution in [2.24, 2.45) is 0 Å². The van der Waals surface area contributed by atoms with Crippen LogP contribution in [0, 0.1) is 6.92 Å². The van der Waals surface area contributed by atoms with Crippen molar-refractivity contribution in [1.29, 1.82) is 0 Å². The van der Waals surface area contributed by atoms with Crippen LogP contribution in [-0.4, -0.2) is 14.5 Å². The number of aromatic nitrogens is 3. The fraction of sp³-hybridized carbons (Fsp3) is 0.538. The molecule has 0 radical (unpaired) electrons. The minimum Gasteiger partial charge on any atom is -0.313 e. The normalized spacial score (nSPS) is 16.1. The molecule has 0 unspecified atom stereocenters. The summed E-state index contributed by atoms with van der Waals surface area (Å²) in [7, 11) is 0. The second-order valence-electron chi connectivity index (χ2n) is 5.13. The Morgan fingerprint density at radius 1 is 1.35 bits per heavy atom. The molecule has 4 heteroatoms. The maximum absolute atomic E-state index is 6.30. The summed E-state index contributed by atoms with van der Waals surface area (Å²) < 4.78 is 2.16. The van der Waals surface area contributed by atoms with E-state index in [1.165, 1.54) is 12.8 Å². The number of fused-ring (bicyclic) bond motifs is 1. The van der Waals surface area contributed by atoms with E-state index in [-0.39, 0.29) is 0 Å². The van der Waals surface area contributed by atoms with E-state index >= 15 is 0 Å². The van der Waals surface area contributed by atoms with Crippen LogP contribution in [0.5, 0.6) is 0 Å². The van der Waals surface area contributed by atoms with Crippen LogP contribution < -0.4 is 0 Å². The molecule has 0 N–H and O–H groups in total. The highest BCUT2D eigenvalue weighted by Crippen LogP contribution is 2.41. The summed E-state index contributed by atoms with van der Waals surface area (Å²) >= 11 is 6.30. The Bertz CT molecular complexity index is 582. The lowest BCUT2D eigenvalue weighted by Gasteiger charge is -2.08. The highest BCUT2D eigenvalue weighted by Gasteiger charge is 2.28. The molecule has 0 bridgehead atoms. The van der Waals surface area contributed by atoms with Gasteiger partial charge in [0.1, 0.15) is 16.6 Å². The number of rotatable bonds is 2. The lowest BCUT2D eigenvalue weighted by atomic mass is 10.2. The van der Waals surface area contributed by atoms with Crippen molar-refractivity contribution in [1.82, 2.24) is 14.5 Å². The van der Waals surface area contributed by atoms with Gasteiger partial charge in [0, 0.05) is 17.3 Å². The van der Waals surface area contributed by atoms with Crippen molar-refractivity contribution in [3.8, 4) is 0 Å². The third-order valence-corrected chi connectivity index (χ3v) is 3.57. The van der Waals surface area contributed by atoms with Crippen molar-refractivity contribution >= 4 is 22.6 Å². The molecule has 0 aromatic carbocycles. The summed E-state index contributed by atoms with van der Waals surface area (Å²) in [5.74, 6) is 1.26. The van der Waals surface area contributed by atoms with E-state index in [9.17, 15) is 0 Å². The van der Waals surface area contributed by atoms with Crippen LogP contribution in [0.3, 0.4) is 0 Å². The van der Waals surface area contributed by atoms with Crippen molar-refractivity contribution in [2.45, 2.75) is 45.6 Å². The average molecular weight is 250 g/mol. The van der Waals surface area contributed by atoms with Gasteiger partial charge in [-0.25, -0.2) is 9.97 Å². The first kappa shape index (κ1) is 11.0. The Hall–Kier alpha value is -1.09. The lowest BCUT2D eigenvalue weighted by Crippen LogP contribution is -2.03. The van der Waals surface area contributed by atoms with Gasteiger partial charge in [-0.05, 0) is 25.8 Å². The molecule has 0 atom stereocenters. The standard InChI is InChI=1S/C13H16ClN3/c1-7(2)12-15-8(3)10-6-11(14)17(9-4-5-9)13(10)16-12/h6-7,9H,4-5H2,1-3H3. The van der Waals surface area contributed by atoms with Crippen molar-refractivity contribution in [3.63, 3.8) is 0 Å². The molecule has 1 fully saturated rings. The molecule has 1 aliphatic rings. The SMILES string of the molecule is Cc1nc(C(C)C)nc2c1cc(Cl)n2C1CC1. The van der Waals surface area contributed by atoms with E-state index in [2.05, 4.69) is 28.4 Å². The Kier molecular flexibility index (Phi) is 2.40. The van der Waals surface area contributed by atoms with Gasteiger partial charge in [0.25, 0.3) is 0 Å². The second kappa shape index (κ2) is 3.70. The Morgan fingerprint density at radius 3 is 2.65 bits per heavy atom. The van der Waals surface area contributed by atoms with E-state index in [1.54, 1.807) is 0 Å². The van der Waals surface area contributed by atoms with Crippen LogP contribution in [0.2, 0.25) is 5.15 Å². The van der Waals surface area contributed by atoms with Gasteiger partial charge in [-0.2, -0.15) is 0 Å². The Labute approximate surface area is 106 Å². The summed E-state index contributed by atoms with van der Waals surface area (Å²) in [6.45, 7) is 6.27. The molecule has 0 saturated heterocycles. The van der Waals surface area contributed by atoms with E-state index in [0.29, 0.717) is 12.0 Å². The summed E-state index contributed by atoms with van der Waals surface area (Å²) in [4.78, 5) is 9.24. The minimum atomic E-state index is 0.347. The molecular weight excluding hydrogens is 234 g/mol. The molecule has 0 spiro atoms. The lowest BCUT2D eigenvalue weighted by molar-refractivity contribution is 0.738. The van der Waals surface area contributed by atoms with E-state index in [0.717, 1.165) is 27.7 Å². The predicted molar refractivity (Wildman–Crippen MR) is 69.6 cm³/mol. The molecule has 0 aliphatic heterocycles. The Morgan fingerprint density at radius 2 is 2.06 bits per heavy atom. The van der Waals surface area contributed by atoms with Gasteiger partial charge in [-0.1, -0.05) is 25.4 Å². The smallest absolute Gasteiger partial charge is 0.145 e. The second-order valence-corrected chi connectivity index (χ2v) is 5.51. The Balaban J connectivity index is 2.29. The number of nitrogens with zero attached hydrogens (tertiary/aromatic N) is 3. The molecule has 3 nitrogen and oxygen atoms in total. The molecule has 2 aromatic rings. The first-order valence-corrected chi connectivity index (χ1v) is 6.50. The molecule has 1 saturated carbocycles. The fourth-order valence-electron chi connectivity index (χ4n) is 2.17. The summed E-state index contributed by atoms with van der Waals surface area (Å²) in [5.41, 5.74) is 2.04. The zero-order valence-electron chi connectivity index (χ0n) is 10.4. The first-order valence-electron chi connectivity index (χ1n) is 6.13.